The van der Waals surface area contributed by atoms with Crippen LogP contribution in [-0.2, 0) is 13.0 Å². The molecule has 1 N–H and O–H groups in total. The topological polar surface area (TPSA) is 69.8 Å². The van der Waals surface area contributed by atoms with Crippen molar-refractivity contribution < 1.29 is 14.4 Å². The van der Waals surface area contributed by atoms with Crippen molar-refractivity contribution in [2.24, 2.45) is 5.92 Å². The molecular weight excluding hydrogens is 354 g/mol. The van der Waals surface area contributed by atoms with Gasteiger partial charge >= 0.3 is 0 Å². The number of benzene rings is 1. The van der Waals surface area contributed by atoms with E-state index in [1.54, 1.807) is 6.07 Å². The number of rotatable bonds is 5. The number of β-amino-alcohol motifs (C(OH)–C–C–N with tert-alkyl or cyclic N) is 1. The maximum atomic E-state index is 12.8. The Labute approximate surface area is 166 Å². The molecule has 1 amide bonds. The zero-order chi connectivity index (χ0) is 19.3. The number of aliphatic hydroxyl groups is 1. The summed E-state index contributed by atoms with van der Waals surface area (Å²) < 4.78 is 5.39. The Hall–Kier alpha value is -2.18. The SMILES string of the molecule is O=C(c1cc(CN2CCCC(O)C2)on1)N1CCC(Cc2ccccc2)CC1. The van der Waals surface area contributed by atoms with E-state index in [1.165, 1.54) is 5.56 Å². The molecule has 0 radical (unpaired) electrons. The molecule has 0 aliphatic carbocycles. The molecule has 0 saturated carbocycles. The van der Waals surface area contributed by atoms with Gasteiger partial charge in [0, 0.05) is 25.7 Å². The first-order valence-electron chi connectivity index (χ1n) is 10.4. The van der Waals surface area contributed by atoms with Gasteiger partial charge in [-0.3, -0.25) is 9.69 Å². The van der Waals surface area contributed by atoms with Crippen molar-refractivity contribution in [2.75, 3.05) is 26.2 Å². The second kappa shape index (κ2) is 8.88. The molecule has 1 unspecified atom stereocenters. The first-order valence-corrected chi connectivity index (χ1v) is 10.4. The van der Waals surface area contributed by atoms with Crippen molar-refractivity contribution in [1.29, 1.82) is 0 Å². The van der Waals surface area contributed by atoms with Crippen LogP contribution in [0.3, 0.4) is 0 Å². The summed E-state index contributed by atoms with van der Waals surface area (Å²) in [5.41, 5.74) is 1.77. The van der Waals surface area contributed by atoms with Gasteiger partial charge in [0.25, 0.3) is 5.91 Å². The molecule has 0 spiro atoms. The molecule has 2 aromatic rings. The minimum atomic E-state index is -0.269. The average Bonchev–Trinajstić information content (AvgIpc) is 3.17. The summed E-state index contributed by atoms with van der Waals surface area (Å²) in [5, 5.41) is 13.8. The van der Waals surface area contributed by atoms with E-state index in [0.29, 0.717) is 30.5 Å². The van der Waals surface area contributed by atoms with Gasteiger partial charge in [-0.25, -0.2) is 0 Å². The van der Waals surface area contributed by atoms with Crippen LogP contribution in [0.5, 0.6) is 0 Å². The molecule has 6 heteroatoms. The number of nitrogens with zero attached hydrogens (tertiary/aromatic N) is 3. The van der Waals surface area contributed by atoms with E-state index in [4.69, 9.17) is 4.52 Å². The van der Waals surface area contributed by atoms with Crippen molar-refractivity contribution in [3.05, 3.63) is 53.4 Å². The number of aliphatic hydroxyl groups excluding tert-OH is 1. The molecule has 28 heavy (non-hydrogen) atoms. The second-order valence-electron chi connectivity index (χ2n) is 8.13. The summed E-state index contributed by atoms with van der Waals surface area (Å²) in [7, 11) is 0. The fourth-order valence-corrected chi connectivity index (χ4v) is 4.33. The predicted molar refractivity (Wildman–Crippen MR) is 106 cm³/mol. The Morgan fingerprint density at radius 2 is 1.93 bits per heavy atom. The Kier molecular flexibility index (Phi) is 6.07. The fourth-order valence-electron chi connectivity index (χ4n) is 4.33. The van der Waals surface area contributed by atoms with Crippen LogP contribution in [-0.4, -0.2) is 58.3 Å². The number of piperidine rings is 2. The predicted octanol–water partition coefficient (Wildman–Crippen LogP) is 2.73. The summed E-state index contributed by atoms with van der Waals surface area (Å²) in [6, 6.07) is 12.3. The molecule has 4 rings (SSSR count). The molecule has 3 heterocycles. The van der Waals surface area contributed by atoms with E-state index in [0.717, 1.165) is 51.7 Å². The highest BCUT2D eigenvalue weighted by Crippen LogP contribution is 2.23. The third kappa shape index (κ3) is 4.80. The Bertz CT molecular complexity index is 768. The number of carbonyl (C=O) groups excluding carboxylic acids is 1. The highest BCUT2D eigenvalue weighted by Gasteiger charge is 2.26. The number of likely N-dealkylation sites (tertiary alicyclic amines) is 2. The lowest BCUT2D eigenvalue weighted by Crippen LogP contribution is -2.39. The second-order valence-corrected chi connectivity index (χ2v) is 8.13. The van der Waals surface area contributed by atoms with Gasteiger partial charge in [-0.1, -0.05) is 35.5 Å². The minimum absolute atomic E-state index is 0.0353. The number of amides is 1. The quantitative estimate of drug-likeness (QED) is 0.860. The van der Waals surface area contributed by atoms with Crippen LogP contribution < -0.4 is 0 Å². The first-order chi connectivity index (χ1) is 13.7. The van der Waals surface area contributed by atoms with Crippen molar-refractivity contribution in [3.8, 4) is 0 Å². The van der Waals surface area contributed by atoms with Crippen LogP contribution in [0.15, 0.2) is 40.9 Å². The van der Waals surface area contributed by atoms with Crippen molar-refractivity contribution in [3.63, 3.8) is 0 Å². The van der Waals surface area contributed by atoms with Crippen molar-refractivity contribution >= 4 is 5.91 Å². The normalized spacial score (nSPS) is 21.8. The summed E-state index contributed by atoms with van der Waals surface area (Å²) in [5.74, 6) is 1.29. The maximum absolute atomic E-state index is 12.8. The highest BCUT2D eigenvalue weighted by atomic mass is 16.5. The van der Waals surface area contributed by atoms with E-state index in [1.807, 2.05) is 11.0 Å². The molecular formula is C22H29N3O3. The fraction of sp³-hybridized carbons (Fsp3) is 0.545. The third-order valence-corrected chi connectivity index (χ3v) is 5.91. The van der Waals surface area contributed by atoms with Crippen LogP contribution in [0.2, 0.25) is 0 Å². The van der Waals surface area contributed by atoms with Crippen LogP contribution in [0.4, 0.5) is 0 Å². The monoisotopic (exact) mass is 383 g/mol. The lowest BCUT2D eigenvalue weighted by atomic mass is 9.90. The Balaban J connectivity index is 1.28. The molecule has 2 aliphatic rings. The molecule has 2 aliphatic heterocycles. The molecule has 1 atom stereocenters. The minimum Gasteiger partial charge on any atom is -0.392 e. The zero-order valence-electron chi connectivity index (χ0n) is 16.3. The number of hydrogen-bond acceptors (Lipinski definition) is 5. The van der Waals surface area contributed by atoms with Crippen LogP contribution >= 0.6 is 0 Å². The van der Waals surface area contributed by atoms with Gasteiger partial charge in [0.2, 0.25) is 0 Å². The summed E-state index contributed by atoms with van der Waals surface area (Å²) in [6.07, 6.45) is 4.71. The summed E-state index contributed by atoms with van der Waals surface area (Å²) >= 11 is 0. The van der Waals surface area contributed by atoms with Crippen LogP contribution in [0.25, 0.3) is 0 Å². The maximum Gasteiger partial charge on any atom is 0.276 e. The Morgan fingerprint density at radius 1 is 1.14 bits per heavy atom. The molecule has 0 bridgehead atoms. The summed E-state index contributed by atoms with van der Waals surface area (Å²) in [4.78, 5) is 16.8. The number of aromatic nitrogens is 1. The zero-order valence-corrected chi connectivity index (χ0v) is 16.3. The Morgan fingerprint density at radius 3 is 2.68 bits per heavy atom. The van der Waals surface area contributed by atoms with Crippen molar-refractivity contribution in [1.82, 2.24) is 15.0 Å². The molecule has 1 aromatic heterocycles. The van der Waals surface area contributed by atoms with Crippen LogP contribution in [0, 0.1) is 5.92 Å². The molecule has 2 fully saturated rings. The average molecular weight is 383 g/mol. The van der Waals surface area contributed by atoms with Gasteiger partial charge in [0.1, 0.15) is 0 Å². The molecule has 2 saturated heterocycles. The van der Waals surface area contributed by atoms with E-state index in [9.17, 15) is 9.90 Å². The molecule has 150 valence electrons. The van der Waals surface area contributed by atoms with Gasteiger partial charge in [-0.15, -0.1) is 0 Å². The lowest BCUT2D eigenvalue weighted by molar-refractivity contribution is 0.0622. The van der Waals surface area contributed by atoms with Gasteiger partial charge in [-0.2, -0.15) is 0 Å². The van der Waals surface area contributed by atoms with Gasteiger partial charge < -0.3 is 14.5 Å². The highest BCUT2D eigenvalue weighted by molar-refractivity contribution is 5.92. The third-order valence-electron chi connectivity index (χ3n) is 5.91. The first kappa shape index (κ1) is 19.2. The number of carbonyl (C=O) groups is 1. The van der Waals surface area contributed by atoms with Gasteiger partial charge in [0.15, 0.2) is 11.5 Å². The smallest absolute Gasteiger partial charge is 0.276 e. The van der Waals surface area contributed by atoms with Crippen LogP contribution in [0.1, 0.15) is 47.5 Å². The van der Waals surface area contributed by atoms with Crippen molar-refractivity contribution in [2.45, 2.75) is 44.8 Å². The van der Waals surface area contributed by atoms with E-state index < -0.39 is 0 Å². The van der Waals surface area contributed by atoms with Gasteiger partial charge in [0.05, 0.1) is 12.6 Å². The largest absolute Gasteiger partial charge is 0.392 e. The van der Waals surface area contributed by atoms with E-state index in [-0.39, 0.29) is 12.0 Å². The van der Waals surface area contributed by atoms with E-state index >= 15 is 0 Å². The number of hydrogen-bond donors (Lipinski definition) is 1. The standard InChI is InChI=1S/C22H29N3O3/c26-19-7-4-10-24(15-19)16-20-14-21(23-28-20)22(27)25-11-8-18(9-12-25)13-17-5-2-1-3-6-17/h1-3,5-6,14,18-19,26H,4,7-13,15-16H2. The van der Waals surface area contributed by atoms with E-state index in [2.05, 4.69) is 34.3 Å². The van der Waals surface area contributed by atoms with Gasteiger partial charge in [-0.05, 0) is 50.1 Å². The molecule has 6 nitrogen and oxygen atoms in total. The summed E-state index contributed by atoms with van der Waals surface area (Å²) in [6.45, 7) is 3.74. The lowest BCUT2D eigenvalue weighted by Gasteiger charge is -2.31. The molecule has 1 aromatic carbocycles.